The van der Waals surface area contributed by atoms with Crippen molar-refractivity contribution in [3.8, 4) is 5.75 Å². The smallest absolute Gasteiger partial charge is 0.332 e. The van der Waals surface area contributed by atoms with Crippen LogP contribution in [0.15, 0.2) is 83.4 Å². The quantitative estimate of drug-likeness (QED) is 0.377. The molecule has 5 rings (SSSR count). The first-order valence-corrected chi connectivity index (χ1v) is 12.4. The number of carboxylic acid groups (broad SMARTS) is 1. The van der Waals surface area contributed by atoms with Crippen LogP contribution in [-0.4, -0.2) is 34.0 Å². The zero-order valence-electron chi connectivity index (χ0n) is 19.0. The summed E-state index contributed by atoms with van der Waals surface area (Å²) in [5.41, 5.74) is 3.77. The van der Waals surface area contributed by atoms with Gasteiger partial charge in [-0.2, -0.15) is 0 Å². The molecule has 0 saturated heterocycles. The number of carbonyl (C=O) groups is 1. The van der Waals surface area contributed by atoms with Gasteiger partial charge in [-0.15, -0.1) is 11.8 Å². The van der Waals surface area contributed by atoms with Crippen LogP contribution in [-0.2, 0) is 11.2 Å². The number of nitrogens with zero attached hydrogens (tertiary/aromatic N) is 1. The molecule has 0 fully saturated rings. The van der Waals surface area contributed by atoms with E-state index < -0.39 is 11.5 Å². The molecule has 1 N–H and O–H groups in total. The molecule has 1 atom stereocenters. The Labute approximate surface area is 207 Å². The number of hydrogen-bond acceptors (Lipinski definition) is 4. The molecule has 1 heterocycles. The average molecular weight is 486 g/mol. The largest absolute Gasteiger partial charge is 0.487 e. The Morgan fingerprint density at radius 1 is 1.06 bits per heavy atom. The van der Waals surface area contributed by atoms with Crippen LogP contribution in [0.25, 0.3) is 18.2 Å². The molecule has 0 amide bonds. The molecule has 6 heteroatoms. The summed E-state index contributed by atoms with van der Waals surface area (Å²) < 4.78 is 19.4. The van der Waals surface area contributed by atoms with Crippen LogP contribution in [0.3, 0.4) is 0 Å². The summed E-state index contributed by atoms with van der Waals surface area (Å²) in [4.78, 5) is 16.8. The van der Waals surface area contributed by atoms with Crippen molar-refractivity contribution in [2.24, 2.45) is 4.99 Å². The maximum atomic E-state index is 13.5. The molecule has 176 valence electrons. The first kappa shape index (κ1) is 23.1. The Kier molecular flexibility index (Phi) is 6.55. The van der Waals surface area contributed by atoms with Gasteiger partial charge in [0.1, 0.15) is 23.2 Å². The number of benzene rings is 3. The molecule has 3 aromatic rings. The second-order valence-corrected chi connectivity index (χ2v) is 9.78. The van der Waals surface area contributed by atoms with E-state index in [9.17, 15) is 14.3 Å². The minimum Gasteiger partial charge on any atom is -0.487 e. The van der Waals surface area contributed by atoms with Gasteiger partial charge in [0, 0.05) is 12.2 Å². The van der Waals surface area contributed by atoms with Crippen molar-refractivity contribution >= 4 is 41.0 Å². The van der Waals surface area contributed by atoms with Crippen molar-refractivity contribution < 1.29 is 19.0 Å². The fraction of sp³-hybridized carbons (Fsp3) is 0.172. The van der Waals surface area contributed by atoms with Gasteiger partial charge in [-0.1, -0.05) is 72.3 Å². The van der Waals surface area contributed by atoms with E-state index in [4.69, 9.17) is 4.74 Å². The van der Waals surface area contributed by atoms with Gasteiger partial charge in [0.15, 0.2) is 5.54 Å². The number of aliphatic imine (C=N–C) groups is 1. The summed E-state index contributed by atoms with van der Waals surface area (Å²) in [5, 5.41) is 10.7. The Bertz CT molecular complexity index is 1330. The van der Waals surface area contributed by atoms with E-state index in [1.54, 1.807) is 6.07 Å². The summed E-state index contributed by atoms with van der Waals surface area (Å²) in [6.45, 7) is 0.226. The highest BCUT2D eigenvalue weighted by molar-refractivity contribution is 8.14. The number of ether oxygens (including phenoxy) is 1. The summed E-state index contributed by atoms with van der Waals surface area (Å²) in [6.07, 6.45) is 6.92. The molecule has 2 aliphatic rings. The number of rotatable bonds is 8. The molecule has 0 spiro atoms. The molecular weight excluding hydrogens is 461 g/mol. The molecule has 1 unspecified atom stereocenters. The zero-order chi connectivity index (χ0) is 24.3. The van der Waals surface area contributed by atoms with E-state index in [-0.39, 0.29) is 12.4 Å². The van der Waals surface area contributed by atoms with Crippen molar-refractivity contribution in [1.82, 2.24) is 0 Å². The molecule has 3 aromatic carbocycles. The van der Waals surface area contributed by atoms with E-state index >= 15 is 0 Å². The van der Waals surface area contributed by atoms with Crippen LogP contribution < -0.4 is 4.74 Å². The third-order valence-electron chi connectivity index (χ3n) is 6.13. The molecule has 0 radical (unpaired) electrons. The lowest BCUT2D eigenvalue weighted by Gasteiger charge is -2.20. The van der Waals surface area contributed by atoms with Gasteiger partial charge >= 0.3 is 5.97 Å². The Balaban J connectivity index is 1.21. The summed E-state index contributed by atoms with van der Waals surface area (Å²) >= 11 is 1.42. The third kappa shape index (κ3) is 5.38. The summed E-state index contributed by atoms with van der Waals surface area (Å²) in [7, 11) is 0. The number of halogens is 1. The molecule has 35 heavy (non-hydrogen) atoms. The summed E-state index contributed by atoms with van der Waals surface area (Å²) in [5.74, 6) is -0.168. The topological polar surface area (TPSA) is 58.9 Å². The lowest BCUT2D eigenvalue weighted by Crippen LogP contribution is -2.37. The molecule has 0 bridgehead atoms. The maximum Gasteiger partial charge on any atom is 0.332 e. The van der Waals surface area contributed by atoms with Gasteiger partial charge in [0.25, 0.3) is 0 Å². The normalized spacial score (nSPS) is 18.9. The van der Waals surface area contributed by atoms with Crippen molar-refractivity contribution in [1.29, 1.82) is 0 Å². The molecule has 1 aliphatic heterocycles. The molecule has 4 nitrogen and oxygen atoms in total. The van der Waals surface area contributed by atoms with Gasteiger partial charge in [0.2, 0.25) is 0 Å². The van der Waals surface area contributed by atoms with Crippen molar-refractivity contribution in [3.05, 3.63) is 106 Å². The third-order valence-corrected chi connectivity index (χ3v) is 7.29. The van der Waals surface area contributed by atoms with E-state index in [0.29, 0.717) is 29.4 Å². The van der Waals surface area contributed by atoms with Crippen molar-refractivity contribution in [2.45, 2.75) is 18.4 Å². The molecular formula is C29H24FNO3S. The Morgan fingerprint density at radius 2 is 1.80 bits per heavy atom. The van der Waals surface area contributed by atoms with Crippen LogP contribution >= 0.6 is 11.8 Å². The monoisotopic (exact) mass is 485 g/mol. The Morgan fingerprint density at radius 3 is 2.54 bits per heavy atom. The maximum absolute atomic E-state index is 13.5. The van der Waals surface area contributed by atoms with Crippen LogP contribution in [0.5, 0.6) is 5.75 Å². The SMILES string of the molecule is O=C(O)C1(CC2=Cc3ccc(F)cc3C2)CSC(COc2ccc(/C=C/c3ccccc3)cc2)=N1. The number of fused-ring (bicyclic) bond motifs is 1. The molecule has 0 saturated carbocycles. The van der Waals surface area contributed by atoms with Crippen LogP contribution in [0, 0.1) is 5.82 Å². The molecule has 1 aliphatic carbocycles. The number of aliphatic carboxylic acids is 1. The second kappa shape index (κ2) is 9.92. The van der Waals surface area contributed by atoms with Crippen LogP contribution in [0.4, 0.5) is 4.39 Å². The standard InChI is InChI=1S/C29H24FNO3S/c30-25-11-10-23-14-22(15-24(23)16-25)17-29(28(32)33)19-35-27(31-29)18-34-26-12-8-21(9-13-26)7-6-20-4-2-1-3-5-20/h1-14,16H,15,17-19H2,(H,32,33)/b7-6+. The average Bonchev–Trinajstić information content (AvgIpc) is 3.46. The highest BCUT2D eigenvalue weighted by Gasteiger charge is 2.44. The van der Waals surface area contributed by atoms with E-state index in [0.717, 1.165) is 27.8 Å². The number of thioether (sulfide) groups is 1. The predicted octanol–water partition coefficient (Wildman–Crippen LogP) is 6.37. The van der Waals surface area contributed by atoms with E-state index in [1.165, 1.54) is 23.9 Å². The second-order valence-electron chi connectivity index (χ2n) is 8.73. The van der Waals surface area contributed by atoms with Crippen LogP contribution in [0.2, 0.25) is 0 Å². The van der Waals surface area contributed by atoms with Crippen molar-refractivity contribution in [3.63, 3.8) is 0 Å². The van der Waals surface area contributed by atoms with Gasteiger partial charge in [-0.25, -0.2) is 9.18 Å². The van der Waals surface area contributed by atoms with Crippen molar-refractivity contribution in [2.75, 3.05) is 12.4 Å². The minimum absolute atomic E-state index is 0.226. The van der Waals surface area contributed by atoms with E-state index in [1.807, 2.05) is 66.7 Å². The van der Waals surface area contributed by atoms with Gasteiger partial charge in [0.05, 0.1) is 0 Å². The first-order valence-electron chi connectivity index (χ1n) is 11.4. The van der Waals surface area contributed by atoms with Gasteiger partial charge < -0.3 is 9.84 Å². The highest BCUT2D eigenvalue weighted by atomic mass is 32.2. The molecule has 0 aromatic heterocycles. The lowest BCUT2D eigenvalue weighted by molar-refractivity contribution is -0.142. The predicted molar refractivity (Wildman–Crippen MR) is 140 cm³/mol. The first-order chi connectivity index (χ1) is 17.0. The summed E-state index contributed by atoms with van der Waals surface area (Å²) in [6, 6.07) is 22.5. The number of hydrogen-bond donors (Lipinski definition) is 1. The lowest BCUT2D eigenvalue weighted by atomic mass is 9.92. The fourth-order valence-corrected chi connectivity index (χ4v) is 5.38. The van der Waals surface area contributed by atoms with Crippen LogP contribution in [0.1, 0.15) is 28.7 Å². The van der Waals surface area contributed by atoms with Gasteiger partial charge in [-0.05, 0) is 52.9 Å². The Hall–Kier alpha value is -3.64. The fourth-order valence-electron chi connectivity index (χ4n) is 4.31. The zero-order valence-corrected chi connectivity index (χ0v) is 19.8. The minimum atomic E-state index is -1.22. The van der Waals surface area contributed by atoms with Gasteiger partial charge in [-0.3, -0.25) is 4.99 Å². The highest BCUT2D eigenvalue weighted by Crippen LogP contribution is 2.38. The van der Waals surface area contributed by atoms with E-state index in [2.05, 4.69) is 11.1 Å². The number of carboxylic acids is 1.